The van der Waals surface area contributed by atoms with Crippen LogP contribution in [-0.4, -0.2) is 23.7 Å². The van der Waals surface area contributed by atoms with Crippen LogP contribution in [0.15, 0.2) is 30.3 Å². The summed E-state index contributed by atoms with van der Waals surface area (Å²) in [4.78, 5) is 11.7. The Kier molecular flexibility index (Phi) is 5.66. The number of hydrogen-bond donors (Lipinski definition) is 3. The van der Waals surface area contributed by atoms with Gasteiger partial charge in [0.25, 0.3) is 0 Å². The molecule has 0 saturated heterocycles. The van der Waals surface area contributed by atoms with Gasteiger partial charge in [-0.3, -0.25) is 4.79 Å². The van der Waals surface area contributed by atoms with Crippen molar-refractivity contribution >= 4 is 5.91 Å². The standard InChI is InChI=1S/C13H20N2O2/c1-2-6-11(16)9-15-13(17)12(14)10-7-4-3-5-8-10/h3-5,7-8,11-12,16H,2,6,9,14H2,1H3,(H,15,17). The number of aliphatic hydroxyl groups excluding tert-OH is 1. The molecule has 0 radical (unpaired) electrons. The smallest absolute Gasteiger partial charge is 0.241 e. The molecule has 17 heavy (non-hydrogen) atoms. The second-order valence-corrected chi connectivity index (χ2v) is 4.08. The van der Waals surface area contributed by atoms with Crippen LogP contribution in [0.25, 0.3) is 0 Å². The number of carbonyl (C=O) groups excluding carboxylic acids is 1. The van der Waals surface area contributed by atoms with Crippen molar-refractivity contribution in [1.82, 2.24) is 5.32 Å². The minimum atomic E-state index is -0.676. The van der Waals surface area contributed by atoms with E-state index in [-0.39, 0.29) is 12.5 Å². The first-order valence-electron chi connectivity index (χ1n) is 5.91. The first kappa shape index (κ1) is 13.7. The summed E-state index contributed by atoms with van der Waals surface area (Å²) in [7, 11) is 0. The lowest BCUT2D eigenvalue weighted by Gasteiger charge is -2.15. The molecule has 2 unspecified atom stereocenters. The molecule has 0 aliphatic heterocycles. The molecule has 1 aromatic carbocycles. The maximum atomic E-state index is 11.7. The predicted octanol–water partition coefficient (Wildman–Crippen LogP) is 0.964. The Morgan fingerprint density at radius 1 is 1.41 bits per heavy atom. The van der Waals surface area contributed by atoms with E-state index in [1.807, 2.05) is 37.3 Å². The Balaban J connectivity index is 2.43. The number of nitrogens with two attached hydrogens (primary N) is 1. The molecule has 4 nitrogen and oxygen atoms in total. The summed E-state index contributed by atoms with van der Waals surface area (Å²) in [6.45, 7) is 2.24. The van der Waals surface area contributed by atoms with Gasteiger partial charge < -0.3 is 16.2 Å². The highest BCUT2D eigenvalue weighted by molar-refractivity contribution is 5.82. The van der Waals surface area contributed by atoms with E-state index >= 15 is 0 Å². The molecule has 0 bridgehead atoms. The highest BCUT2D eigenvalue weighted by atomic mass is 16.3. The van der Waals surface area contributed by atoms with Crippen LogP contribution < -0.4 is 11.1 Å². The third kappa shape index (κ3) is 4.54. The number of rotatable bonds is 6. The molecule has 0 aliphatic rings. The van der Waals surface area contributed by atoms with E-state index < -0.39 is 12.1 Å². The molecule has 0 aromatic heterocycles. The summed E-state index contributed by atoms with van der Waals surface area (Å²) in [5.74, 6) is -0.258. The van der Waals surface area contributed by atoms with E-state index in [1.165, 1.54) is 0 Å². The van der Waals surface area contributed by atoms with Crippen LogP contribution in [0, 0.1) is 0 Å². The van der Waals surface area contributed by atoms with Gasteiger partial charge in [0.15, 0.2) is 0 Å². The minimum absolute atomic E-state index is 0.257. The van der Waals surface area contributed by atoms with Crippen molar-refractivity contribution in [2.24, 2.45) is 5.73 Å². The van der Waals surface area contributed by atoms with Gasteiger partial charge in [-0.25, -0.2) is 0 Å². The van der Waals surface area contributed by atoms with Crippen LogP contribution in [0.5, 0.6) is 0 Å². The quantitative estimate of drug-likeness (QED) is 0.688. The number of amides is 1. The Labute approximate surface area is 102 Å². The molecular formula is C13H20N2O2. The van der Waals surface area contributed by atoms with E-state index in [0.29, 0.717) is 6.42 Å². The van der Waals surface area contributed by atoms with Crippen molar-refractivity contribution in [3.05, 3.63) is 35.9 Å². The number of carbonyl (C=O) groups is 1. The van der Waals surface area contributed by atoms with E-state index in [1.54, 1.807) is 0 Å². The summed E-state index contributed by atoms with van der Waals surface area (Å²) in [6.07, 6.45) is 1.08. The zero-order valence-electron chi connectivity index (χ0n) is 10.1. The third-order valence-electron chi connectivity index (χ3n) is 2.57. The van der Waals surface area contributed by atoms with Crippen LogP contribution in [0.3, 0.4) is 0 Å². The maximum absolute atomic E-state index is 11.7. The summed E-state index contributed by atoms with van der Waals surface area (Å²) in [5, 5.41) is 12.1. The molecule has 0 spiro atoms. The first-order chi connectivity index (χ1) is 8.15. The molecular weight excluding hydrogens is 216 g/mol. The van der Waals surface area contributed by atoms with Gasteiger partial charge in [-0.15, -0.1) is 0 Å². The molecule has 1 amide bonds. The van der Waals surface area contributed by atoms with Gasteiger partial charge >= 0.3 is 0 Å². The Morgan fingerprint density at radius 3 is 2.65 bits per heavy atom. The first-order valence-corrected chi connectivity index (χ1v) is 5.91. The predicted molar refractivity (Wildman–Crippen MR) is 67.3 cm³/mol. The summed E-state index contributed by atoms with van der Waals surface area (Å²) < 4.78 is 0. The maximum Gasteiger partial charge on any atom is 0.241 e. The monoisotopic (exact) mass is 236 g/mol. The third-order valence-corrected chi connectivity index (χ3v) is 2.57. The molecule has 0 heterocycles. The lowest BCUT2D eigenvalue weighted by atomic mass is 10.1. The van der Waals surface area contributed by atoms with E-state index in [2.05, 4.69) is 5.32 Å². The van der Waals surface area contributed by atoms with Crippen LogP contribution in [-0.2, 0) is 4.79 Å². The van der Waals surface area contributed by atoms with Crippen molar-refractivity contribution in [1.29, 1.82) is 0 Å². The fourth-order valence-electron chi connectivity index (χ4n) is 1.58. The number of nitrogens with one attached hydrogen (secondary N) is 1. The summed E-state index contributed by atoms with van der Waals surface area (Å²) >= 11 is 0. The molecule has 94 valence electrons. The summed E-state index contributed by atoms with van der Waals surface area (Å²) in [6, 6.07) is 8.51. The average molecular weight is 236 g/mol. The molecule has 0 saturated carbocycles. The van der Waals surface area contributed by atoms with Gasteiger partial charge in [0.2, 0.25) is 5.91 Å². The lowest BCUT2D eigenvalue weighted by Crippen LogP contribution is -2.38. The van der Waals surface area contributed by atoms with Crippen LogP contribution in [0.1, 0.15) is 31.4 Å². The van der Waals surface area contributed by atoms with Crippen LogP contribution >= 0.6 is 0 Å². The van der Waals surface area contributed by atoms with Crippen molar-refractivity contribution in [3.8, 4) is 0 Å². The van der Waals surface area contributed by atoms with E-state index in [9.17, 15) is 9.90 Å². The van der Waals surface area contributed by atoms with Gasteiger partial charge in [-0.1, -0.05) is 43.7 Å². The zero-order valence-corrected chi connectivity index (χ0v) is 10.1. The Hall–Kier alpha value is -1.39. The molecule has 4 heteroatoms. The van der Waals surface area contributed by atoms with Crippen molar-refractivity contribution < 1.29 is 9.90 Å². The normalized spacial score (nSPS) is 14.1. The molecule has 1 rings (SSSR count). The van der Waals surface area contributed by atoms with Crippen LogP contribution in [0.4, 0.5) is 0 Å². The second-order valence-electron chi connectivity index (χ2n) is 4.08. The van der Waals surface area contributed by atoms with Gasteiger partial charge in [-0.05, 0) is 12.0 Å². The highest BCUT2D eigenvalue weighted by Crippen LogP contribution is 2.09. The van der Waals surface area contributed by atoms with Gasteiger partial charge in [0, 0.05) is 6.54 Å². The van der Waals surface area contributed by atoms with Crippen molar-refractivity contribution in [3.63, 3.8) is 0 Å². The Bertz CT molecular complexity index is 341. The van der Waals surface area contributed by atoms with Crippen molar-refractivity contribution in [2.45, 2.75) is 31.9 Å². The Morgan fingerprint density at radius 2 is 2.06 bits per heavy atom. The topological polar surface area (TPSA) is 75.3 Å². The number of aliphatic hydroxyl groups is 1. The summed E-state index contributed by atoms with van der Waals surface area (Å²) in [5.41, 5.74) is 6.58. The van der Waals surface area contributed by atoms with Crippen molar-refractivity contribution in [2.75, 3.05) is 6.54 Å². The fourth-order valence-corrected chi connectivity index (χ4v) is 1.58. The van der Waals surface area contributed by atoms with Gasteiger partial charge in [0.1, 0.15) is 6.04 Å². The largest absolute Gasteiger partial charge is 0.391 e. The van der Waals surface area contributed by atoms with Crippen LogP contribution in [0.2, 0.25) is 0 Å². The molecule has 2 atom stereocenters. The lowest BCUT2D eigenvalue weighted by molar-refractivity contribution is -0.123. The molecule has 1 aromatic rings. The number of benzene rings is 1. The molecule has 0 fully saturated rings. The highest BCUT2D eigenvalue weighted by Gasteiger charge is 2.15. The fraction of sp³-hybridized carbons (Fsp3) is 0.462. The number of hydrogen-bond acceptors (Lipinski definition) is 3. The SMILES string of the molecule is CCCC(O)CNC(=O)C(N)c1ccccc1. The minimum Gasteiger partial charge on any atom is -0.391 e. The zero-order chi connectivity index (χ0) is 12.7. The molecule has 4 N–H and O–H groups in total. The second kappa shape index (κ2) is 7.04. The molecule has 0 aliphatic carbocycles. The van der Waals surface area contributed by atoms with Gasteiger partial charge in [0.05, 0.1) is 6.10 Å². The average Bonchev–Trinajstić information content (AvgIpc) is 2.36. The van der Waals surface area contributed by atoms with Gasteiger partial charge in [-0.2, -0.15) is 0 Å². The van der Waals surface area contributed by atoms with E-state index in [0.717, 1.165) is 12.0 Å². The van der Waals surface area contributed by atoms with E-state index in [4.69, 9.17) is 5.73 Å².